The standard InChI is InChI=1S/C11H23NSi/c13-12(11-8-4-5-9-11)10-6-2-1-3-7-10/h10-11H,1-9H2,13H3. The minimum atomic E-state index is 0.989. The minimum Gasteiger partial charge on any atom is -0.327 e. The SMILES string of the molecule is [SiH3]N(C1CCCCC1)C1CCCC1. The van der Waals surface area contributed by atoms with Crippen molar-refractivity contribution in [3.8, 4) is 0 Å². The summed E-state index contributed by atoms with van der Waals surface area (Å²) >= 11 is 0. The van der Waals surface area contributed by atoms with Crippen LogP contribution in [-0.4, -0.2) is 27.1 Å². The molecule has 0 atom stereocenters. The quantitative estimate of drug-likeness (QED) is 0.611. The van der Waals surface area contributed by atoms with Gasteiger partial charge in [-0.2, -0.15) is 0 Å². The van der Waals surface area contributed by atoms with Crippen molar-refractivity contribution in [3.63, 3.8) is 0 Å². The summed E-state index contributed by atoms with van der Waals surface area (Å²) in [7, 11) is 1.31. The molecular weight excluding hydrogens is 174 g/mol. The Morgan fingerprint density at radius 1 is 0.692 bits per heavy atom. The molecule has 2 heteroatoms. The average molecular weight is 197 g/mol. The maximum atomic E-state index is 2.84. The molecule has 0 aromatic rings. The zero-order valence-electron chi connectivity index (χ0n) is 8.97. The van der Waals surface area contributed by atoms with Crippen molar-refractivity contribution in [1.82, 2.24) is 4.57 Å². The smallest absolute Gasteiger partial charge is 0.0791 e. The zero-order chi connectivity index (χ0) is 9.10. The van der Waals surface area contributed by atoms with E-state index in [1.54, 1.807) is 0 Å². The van der Waals surface area contributed by atoms with Gasteiger partial charge in [-0.25, -0.2) is 0 Å². The molecule has 0 aromatic heterocycles. The van der Waals surface area contributed by atoms with E-state index < -0.39 is 0 Å². The van der Waals surface area contributed by atoms with Crippen LogP contribution in [0.2, 0.25) is 0 Å². The lowest BCUT2D eigenvalue weighted by Gasteiger charge is -2.36. The largest absolute Gasteiger partial charge is 0.327 e. The Balaban J connectivity index is 1.83. The second-order valence-corrected chi connectivity index (χ2v) is 5.93. The fraction of sp³-hybridized carbons (Fsp3) is 1.00. The predicted molar refractivity (Wildman–Crippen MR) is 60.9 cm³/mol. The number of nitrogens with zero attached hydrogens (tertiary/aromatic N) is 1. The third kappa shape index (κ3) is 2.35. The molecule has 0 amide bonds. The molecule has 2 fully saturated rings. The first-order valence-electron chi connectivity index (χ1n) is 6.10. The lowest BCUT2D eigenvalue weighted by atomic mass is 9.94. The Kier molecular flexibility index (Phi) is 3.44. The van der Waals surface area contributed by atoms with Crippen LogP contribution in [0.15, 0.2) is 0 Å². The fourth-order valence-corrected chi connectivity index (χ4v) is 4.13. The second kappa shape index (κ2) is 4.60. The molecule has 0 unspecified atom stereocenters. The van der Waals surface area contributed by atoms with Gasteiger partial charge in [0, 0.05) is 12.1 Å². The van der Waals surface area contributed by atoms with Crippen LogP contribution in [-0.2, 0) is 0 Å². The predicted octanol–water partition coefficient (Wildman–Crippen LogP) is 1.84. The lowest BCUT2D eigenvalue weighted by molar-refractivity contribution is 0.210. The van der Waals surface area contributed by atoms with Gasteiger partial charge in [-0.15, -0.1) is 0 Å². The maximum absolute atomic E-state index is 2.84. The monoisotopic (exact) mass is 197 g/mol. The second-order valence-electron chi connectivity index (χ2n) is 4.90. The normalized spacial score (nSPS) is 27.5. The van der Waals surface area contributed by atoms with Crippen molar-refractivity contribution in [2.24, 2.45) is 0 Å². The molecule has 0 aromatic carbocycles. The Morgan fingerprint density at radius 3 is 1.54 bits per heavy atom. The van der Waals surface area contributed by atoms with Gasteiger partial charge in [-0.3, -0.25) is 0 Å². The van der Waals surface area contributed by atoms with Crippen molar-refractivity contribution in [1.29, 1.82) is 0 Å². The highest BCUT2D eigenvalue weighted by atomic mass is 28.2. The van der Waals surface area contributed by atoms with Gasteiger partial charge in [-0.05, 0) is 25.7 Å². The Bertz CT molecular complexity index is 148. The Morgan fingerprint density at radius 2 is 1.08 bits per heavy atom. The first-order chi connectivity index (χ1) is 6.38. The number of rotatable bonds is 2. The van der Waals surface area contributed by atoms with E-state index in [0.717, 1.165) is 12.1 Å². The van der Waals surface area contributed by atoms with Crippen LogP contribution in [0.3, 0.4) is 0 Å². The van der Waals surface area contributed by atoms with Crippen LogP contribution in [0, 0.1) is 0 Å². The molecule has 0 aliphatic heterocycles. The molecular formula is C11H23NSi. The summed E-state index contributed by atoms with van der Waals surface area (Å²) in [6.07, 6.45) is 13.5. The van der Waals surface area contributed by atoms with E-state index in [-0.39, 0.29) is 0 Å². The molecule has 0 N–H and O–H groups in total. The summed E-state index contributed by atoms with van der Waals surface area (Å²) in [5, 5.41) is 0. The van der Waals surface area contributed by atoms with E-state index in [1.807, 2.05) is 0 Å². The van der Waals surface area contributed by atoms with Crippen LogP contribution >= 0.6 is 0 Å². The van der Waals surface area contributed by atoms with Gasteiger partial charge in [0.25, 0.3) is 0 Å². The number of hydrogen-bond acceptors (Lipinski definition) is 1. The summed E-state index contributed by atoms with van der Waals surface area (Å²) in [6, 6.07) is 1.98. The van der Waals surface area contributed by atoms with Gasteiger partial charge >= 0.3 is 0 Å². The fourth-order valence-electron chi connectivity index (χ4n) is 3.10. The van der Waals surface area contributed by atoms with E-state index in [4.69, 9.17) is 0 Å². The van der Waals surface area contributed by atoms with Crippen LogP contribution in [0.5, 0.6) is 0 Å². The van der Waals surface area contributed by atoms with E-state index >= 15 is 0 Å². The zero-order valence-corrected chi connectivity index (χ0v) is 11.0. The molecule has 0 bridgehead atoms. The molecule has 76 valence electrons. The van der Waals surface area contributed by atoms with Crippen molar-refractivity contribution in [2.45, 2.75) is 69.9 Å². The van der Waals surface area contributed by atoms with E-state index in [2.05, 4.69) is 4.57 Å². The van der Waals surface area contributed by atoms with Crippen LogP contribution in [0.4, 0.5) is 0 Å². The van der Waals surface area contributed by atoms with Crippen LogP contribution in [0.25, 0.3) is 0 Å². The summed E-state index contributed by atoms with van der Waals surface area (Å²) in [6.45, 7) is 0. The molecule has 0 radical (unpaired) electrons. The molecule has 2 aliphatic carbocycles. The van der Waals surface area contributed by atoms with Gasteiger partial charge in [0.2, 0.25) is 0 Å². The van der Waals surface area contributed by atoms with Crippen molar-refractivity contribution < 1.29 is 0 Å². The van der Waals surface area contributed by atoms with Gasteiger partial charge in [-0.1, -0.05) is 32.1 Å². The summed E-state index contributed by atoms with van der Waals surface area (Å²) in [5.41, 5.74) is 0. The molecule has 2 aliphatic rings. The van der Waals surface area contributed by atoms with Gasteiger partial charge < -0.3 is 4.57 Å². The highest BCUT2D eigenvalue weighted by Gasteiger charge is 2.25. The van der Waals surface area contributed by atoms with E-state index in [1.165, 1.54) is 68.2 Å². The molecule has 0 saturated heterocycles. The molecule has 1 nitrogen and oxygen atoms in total. The highest BCUT2D eigenvalue weighted by Crippen LogP contribution is 2.28. The van der Waals surface area contributed by atoms with Gasteiger partial charge in [0.1, 0.15) is 0 Å². The van der Waals surface area contributed by atoms with Crippen molar-refractivity contribution in [2.75, 3.05) is 0 Å². The van der Waals surface area contributed by atoms with Crippen LogP contribution in [0.1, 0.15) is 57.8 Å². The van der Waals surface area contributed by atoms with E-state index in [9.17, 15) is 0 Å². The highest BCUT2D eigenvalue weighted by molar-refractivity contribution is 6.04. The summed E-state index contributed by atoms with van der Waals surface area (Å²) in [4.78, 5) is 0. The van der Waals surface area contributed by atoms with E-state index in [0.29, 0.717) is 0 Å². The first-order valence-corrected chi connectivity index (χ1v) is 6.99. The molecule has 2 saturated carbocycles. The topological polar surface area (TPSA) is 3.24 Å². The van der Waals surface area contributed by atoms with Crippen molar-refractivity contribution >= 4 is 10.4 Å². The summed E-state index contributed by atoms with van der Waals surface area (Å²) < 4.78 is 2.84. The molecule has 2 rings (SSSR count). The van der Waals surface area contributed by atoms with Crippen molar-refractivity contribution in [3.05, 3.63) is 0 Å². The van der Waals surface area contributed by atoms with Crippen LogP contribution < -0.4 is 0 Å². The average Bonchev–Trinajstić information content (AvgIpc) is 2.71. The molecule has 0 spiro atoms. The Labute approximate surface area is 85.4 Å². The molecule has 0 heterocycles. The lowest BCUT2D eigenvalue weighted by Crippen LogP contribution is -2.41. The third-order valence-electron chi connectivity index (χ3n) is 4.05. The maximum Gasteiger partial charge on any atom is 0.0791 e. The summed E-state index contributed by atoms with van der Waals surface area (Å²) in [5.74, 6) is 0. The minimum absolute atomic E-state index is 0.989. The number of hydrogen-bond donors (Lipinski definition) is 0. The molecule has 13 heavy (non-hydrogen) atoms. The van der Waals surface area contributed by atoms with Gasteiger partial charge in [0.15, 0.2) is 0 Å². The first kappa shape index (κ1) is 9.72. The third-order valence-corrected chi connectivity index (χ3v) is 5.51. The Hall–Kier alpha value is 0.177. The van der Waals surface area contributed by atoms with Gasteiger partial charge in [0.05, 0.1) is 10.4 Å².